The van der Waals surface area contributed by atoms with Gasteiger partial charge in [-0.3, -0.25) is 0 Å². The Bertz CT molecular complexity index is 623. The van der Waals surface area contributed by atoms with E-state index in [1.165, 1.54) is 7.11 Å². The van der Waals surface area contributed by atoms with E-state index in [9.17, 15) is 4.79 Å². The van der Waals surface area contributed by atoms with Gasteiger partial charge in [-0.05, 0) is 68.9 Å². The largest absolute Gasteiger partial charge is 0.466 e. The van der Waals surface area contributed by atoms with Crippen molar-refractivity contribution >= 4 is 22.6 Å². The van der Waals surface area contributed by atoms with E-state index in [0.717, 1.165) is 24.8 Å². The standard InChI is InChI=1S/C26H54O4Si2/c1-21(16-15-18-26(8,9)30-32(13,14)25(5,6)7)20-22(23(27)28-10)17-19-29-31(11,12)24(2,3)4/h20-21H,15-19H2,1-14H3/t21-/m0/s1. The van der Waals surface area contributed by atoms with Gasteiger partial charge < -0.3 is 13.6 Å². The number of ether oxygens (including phenoxy) is 1. The van der Waals surface area contributed by atoms with Gasteiger partial charge in [-0.25, -0.2) is 4.79 Å². The number of rotatable bonds is 12. The molecule has 0 saturated heterocycles. The minimum Gasteiger partial charge on any atom is -0.466 e. The summed E-state index contributed by atoms with van der Waals surface area (Å²) >= 11 is 0. The highest BCUT2D eigenvalue weighted by Gasteiger charge is 2.41. The first-order valence-corrected chi connectivity index (χ1v) is 18.1. The van der Waals surface area contributed by atoms with E-state index in [2.05, 4.69) is 94.6 Å². The molecular weight excluding hydrogens is 432 g/mol. The molecule has 0 aromatic rings. The second kappa shape index (κ2) is 11.8. The third-order valence-corrected chi connectivity index (χ3v) is 16.6. The first-order valence-electron chi connectivity index (χ1n) is 12.3. The molecule has 0 aromatic heterocycles. The number of allylic oxidation sites excluding steroid dienone is 1. The highest BCUT2D eigenvalue weighted by molar-refractivity contribution is 6.74. The fourth-order valence-corrected chi connectivity index (χ4v) is 6.02. The van der Waals surface area contributed by atoms with Crippen LogP contribution in [0.4, 0.5) is 0 Å². The molecule has 0 aromatic carbocycles. The van der Waals surface area contributed by atoms with E-state index in [4.69, 9.17) is 13.6 Å². The molecule has 4 nitrogen and oxygen atoms in total. The van der Waals surface area contributed by atoms with Crippen LogP contribution in [0.1, 0.15) is 88.0 Å². The highest BCUT2D eigenvalue weighted by atomic mass is 28.4. The maximum atomic E-state index is 12.3. The molecule has 0 aliphatic rings. The van der Waals surface area contributed by atoms with Gasteiger partial charge in [-0.2, -0.15) is 0 Å². The second-order valence-corrected chi connectivity index (χ2v) is 22.6. The SMILES string of the molecule is COC(=O)C(=C[C@@H](C)CCCC(C)(C)O[Si](C)(C)C(C)(C)C)CCO[Si](C)(C)C(C)(C)C. The van der Waals surface area contributed by atoms with E-state index in [0.29, 0.717) is 18.9 Å². The molecular formula is C26H54O4Si2. The second-order valence-electron chi connectivity index (χ2n) is 13.0. The van der Waals surface area contributed by atoms with Gasteiger partial charge in [-0.15, -0.1) is 0 Å². The zero-order valence-corrected chi connectivity index (χ0v) is 25.8. The number of hydrogen-bond acceptors (Lipinski definition) is 4. The summed E-state index contributed by atoms with van der Waals surface area (Å²) in [4.78, 5) is 12.3. The first-order chi connectivity index (χ1) is 14.2. The van der Waals surface area contributed by atoms with Crippen LogP contribution in [0, 0.1) is 5.92 Å². The molecule has 0 radical (unpaired) electrons. The minimum absolute atomic E-state index is 0.130. The third kappa shape index (κ3) is 10.7. The van der Waals surface area contributed by atoms with Crippen LogP contribution >= 0.6 is 0 Å². The van der Waals surface area contributed by atoms with Gasteiger partial charge in [0.15, 0.2) is 16.6 Å². The highest BCUT2D eigenvalue weighted by Crippen LogP contribution is 2.40. The fraction of sp³-hybridized carbons (Fsp3) is 0.885. The fourth-order valence-electron chi connectivity index (χ4n) is 3.19. The average Bonchev–Trinajstić information content (AvgIpc) is 2.56. The normalized spacial score (nSPS) is 15.6. The number of carbonyl (C=O) groups excluding carboxylic acids is 1. The first kappa shape index (κ1) is 31.6. The van der Waals surface area contributed by atoms with E-state index in [1.807, 2.05) is 0 Å². The van der Waals surface area contributed by atoms with Crippen molar-refractivity contribution in [1.82, 2.24) is 0 Å². The molecule has 0 unspecified atom stereocenters. The lowest BCUT2D eigenvalue weighted by molar-refractivity contribution is -0.136. The lowest BCUT2D eigenvalue weighted by Crippen LogP contribution is -2.47. The van der Waals surface area contributed by atoms with Gasteiger partial charge in [0.25, 0.3) is 0 Å². The molecule has 0 spiro atoms. The van der Waals surface area contributed by atoms with E-state index in [1.54, 1.807) is 0 Å². The number of esters is 1. The third-order valence-electron chi connectivity index (χ3n) is 7.35. The zero-order chi connectivity index (χ0) is 25.6. The van der Waals surface area contributed by atoms with Crippen LogP contribution in [0.25, 0.3) is 0 Å². The van der Waals surface area contributed by atoms with E-state index >= 15 is 0 Å². The Kier molecular flexibility index (Phi) is 11.6. The minimum atomic E-state index is -1.82. The monoisotopic (exact) mass is 486 g/mol. The van der Waals surface area contributed by atoms with Gasteiger partial charge in [0.2, 0.25) is 0 Å². The molecule has 0 amide bonds. The smallest absolute Gasteiger partial charge is 0.333 e. The van der Waals surface area contributed by atoms with Crippen molar-refractivity contribution < 1.29 is 18.4 Å². The quantitative estimate of drug-likeness (QED) is 0.159. The van der Waals surface area contributed by atoms with Crippen molar-refractivity contribution in [2.45, 2.75) is 130 Å². The molecule has 0 saturated carbocycles. The summed E-state index contributed by atoms with van der Waals surface area (Å²) in [5.41, 5.74) is 0.602. The summed E-state index contributed by atoms with van der Waals surface area (Å²) in [6, 6.07) is 0. The van der Waals surface area contributed by atoms with Crippen LogP contribution in [0.5, 0.6) is 0 Å². The molecule has 0 N–H and O–H groups in total. The Morgan fingerprint density at radius 3 is 1.84 bits per heavy atom. The summed E-state index contributed by atoms with van der Waals surface area (Å²) in [6.07, 6.45) is 5.79. The van der Waals surface area contributed by atoms with Crippen molar-refractivity contribution in [1.29, 1.82) is 0 Å². The van der Waals surface area contributed by atoms with Crippen LogP contribution in [0.2, 0.25) is 36.3 Å². The predicted molar refractivity (Wildman–Crippen MR) is 143 cm³/mol. The van der Waals surface area contributed by atoms with Crippen molar-refractivity contribution in [3.8, 4) is 0 Å². The summed E-state index contributed by atoms with van der Waals surface area (Å²) in [7, 11) is -2.16. The molecule has 32 heavy (non-hydrogen) atoms. The average molecular weight is 487 g/mol. The molecule has 0 rings (SSSR count). The number of hydrogen-bond donors (Lipinski definition) is 0. The maximum absolute atomic E-state index is 12.3. The molecule has 0 aliphatic heterocycles. The molecule has 190 valence electrons. The van der Waals surface area contributed by atoms with Crippen LogP contribution < -0.4 is 0 Å². The summed E-state index contributed by atoms with van der Waals surface area (Å²) in [6.45, 7) is 29.8. The van der Waals surface area contributed by atoms with Gasteiger partial charge in [0.05, 0.1) is 12.7 Å². The lowest BCUT2D eigenvalue weighted by Gasteiger charge is -2.43. The van der Waals surface area contributed by atoms with Crippen LogP contribution in [-0.4, -0.2) is 41.9 Å². The lowest BCUT2D eigenvalue weighted by atomic mass is 9.95. The van der Waals surface area contributed by atoms with Gasteiger partial charge >= 0.3 is 5.97 Å². The van der Waals surface area contributed by atoms with Crippen molar-refractivity contribution in [2.75, 3.05) is 13.7 Å². The molecule has 0 bridgehead atoms. The summed E-state index contributed by atoms with van der Waals surface area (Å²) in [5, 5.41) is 0.372. The Hall–Kier alpha value is -0.436. The van der Waals surface area contributed by atoms with Gasteiger partial charge in [0, 0.05) is 18.6 Å². The van der Waals surface area contributed by atoms with Crippen LogP contribution in [-0.2, 0) is 18.4 Å². The zero-order valence-electron chi connectivity index (χ0n) is 23.8. The van der Waals surface area contributed by atoms with Crippen LogP contribution in [0.15, 0.2) is 11.6 Å². The predicted octanol–water partition coefficient (Wildman–Crippen LogP) is 8.10. The Morgan fingerprint density at radius 1 is 0.906 bits per heavy atom. The maximum Gasteiger partial charge on any atom is 0.333 e. The van der Waals surface area contributed by atoms with Crippen molar-refractivity contribution in [3.63, 3.8) is 0 Å². The summed E-state index contributed by atoms with van der Waals surface area (Å²) in [5.74, 6) is 0.0675. The Labute approximate surface area is 202 Å². The Morgan fingerprint density at radius 2 is 1.41 bits per heavy atom. The topological polar surface area (TPSA) is 44.8 Å². The molecule has 1 atom stereocenters. The number of carbonyl (C=O) groups is 1. The van der Waals surface area contributed by atoms with Gasteiger partial charge in [0.1, 0.15) is 0 Å². The van der Waals surface area contributed by atoms with Crippen molar-refractivity contribution in [2.24, 2.45) is 5.92 Å². The molecule has 0 heterocycles. The van der Waals surface area contributed by atoms with Gasteiger partial charge in [-0.1, -0.05) is 61.0 Å². The van der Waals surface area contributed by atoms with E-state index < -0.39 is 16.6 Å². The number of methoxy groups -OCH3 is 1. The molecule has 6 heteroatoms. The summed E-state index contributed by atoms with van der Waals surface area (Å²) < 4.78 is 18.0. The van der Waals surface area contributed by atoms with Crippen LogP contribution in [0.3, 0.4) is 0 Å². The van der Waals surface area contributed by atoms with Crippen molar-refractivity contribution in [3.05, 3.63) is 11.6 Å². The molecule has 0 fully saturated rings. The molecule has 0 aliphatic carbocycles. The van der Waals surface area contributed by atoms with E-state index in [-0.39, 0.29) is 21.6 Å². The Balaban J connectivity index is 4.93.